The molecule has 0 fully saturated rings. The van der Waals surface area contributed by atoms with E-state index in [1.165, 1.54) is 0 Å². The van der Waals surface area contributed by atoms with Gasteiger partial charge in [0.1, 0.15) is 0 Å². The number of hydrogen-bond donors (Lipinski definition) is 3. The van der Waals surface area contributed by atoms with Crippen LogP contribution in [0, 0.1) is 0 Å². The fraction of sp³-hybridized carbons (Fsp3) is 0.786. The Morgan fingerprint density at radius 2 is 1.10 bits per heavy atom. The SMILES string of the molecule is CCCCCCC[CH2][Sn]([CH2]C(=O)O)([CH2]C(=O)O)[CH2]C(=O)O. The van der Waals surface area contributed by atoms with E-state index in [4.69, 9.17) is 15.3 Å². The van der Waals surface area contributed by atoms with Crippen LogP contribution in [-0.4, -0.2) is 51.6 Å². The van der Waals surface area contributed by atoms with E-state index in [0.29, 0.717) is 4.44 Å². The Morgan fingerprint density at radius 3 is 1.48 bits per heavy atom. The molecular formula is C14H26O6Sn. The molecule has 0 aromatic heterocycles. The summed E-state index contributed by atoms with van der Waals surface area (Å²) in [6.07, 6.45) is 6.15. The molecular weight excluding hydrogens is 383 g/mol. The van der Waals surface area contributed by atoms with Crippen molar-refractivity contribution in [1.82, 2.24) is 0 Å². The second-order valence-electron chi connectivity index (χ2n) is 5.73. The summed E-state index contributed by atoms with van der Waals surface area (Å²) < 4.78 is -0.0849. The summed E-state index contributed by atoms with van der Waals surface area (Å²) in [4.78, 5) is 33.1. The van der Waals surface area contributed by atoms with Gasteiger partial charge in [0.15, 0.2) is 0 Å². The molecule has 0 saturated heterocycles. The maximum absolute atomic E-state index is 11.0. The van der Waals surface area contributed by atoms with E-state index in [-0.39, 0.29) is 13.3 Å². The van der Waals surface area contributed by atoms with E-state index < -0.39 is 36.3 Å². The molecule has 7 heteroatoms. The van der Waals surface area contributed by atoms with Gasteiger partial charge in [0.2, 0.25) is 0 Å². The van der Waals surface area contributed by atoms with Gasteiger partial charge < -0.3 is 0 Å². The third-order valence-electron chi connectivity index (χ3n) is 3.64. The number of carbonyl (C=O) groups is 3. The molecule has 0 aliphatic heterocycles. The van der Waals surface area contributed by atoms with Gasteiger partial charge >= 0.3 is 129 Å². The van der Waals surface area contributed by atoms with Gasteiger partial charge in [0.25, 0.3) is 0 Å². The Labute approximate surface area is 129 Å². The van der Waals surface area contributed by atoms with Crippen molar-refractivity contribution >= 4 is 36.3 Å². The molecule has 0 atom stereocenters. The van der Waals surface area contributed by atoms with Crippen molar-refractivity contribution < 1.29 is 29.7 Å². The minimum absolute atomic E-state index is 0.206. The monoisotopic (exact) mass is 410 g/mol. The van der Waals surface area contributed by atoms with Crippen LogP contribution in [0.2, 0.25) is 17.7 Å². The first-order chi connectivity index (χ1) is 9.81. The van der Waals surface area contributed by atoms with Gasteiger partial charge in [0.05, 0.1) is 0 Å². The van der Waals surface area contributed by atoms with Crippen LogP contribution in [0.3, 0.4) is 0 Å². The molecule has 0 radical (unpaired) electrons. The molecule has 0 heterocycles. The molecule has 3 N–H and O–H groups in total. The number of carboxylic acid groups (broad SMARTS) is 3. The zero-order valence-corrected chi connectivity index (χ0v) is 15.5. The van der Waals surface area contributed by atoms with Crippen LogP contribution in [-0.2, 0) is 14.4 Å². The molecule has 0 aromatic rings. The Balaban J connectivity index is 4.62. The van der Waals surface area contributed by atoms with E-state index in [9.17, 15) is 14.4 Å². The summed E-state index contributed by atoms with van der Waals surface area (Å²) in [5, 5.41) is 27.0. The Kier molecular flexibility index (Phi) is 10.5. The zero-order valence-electron chi connectivity index (χ0n) is 12.6. The van der Waals surface area contributed by atoms with Gasteiger partial charge in [-0.05, 0) is 0 Å². The van der Waals surface area contributed by atoms with E-state index in [2.05, 4.69) is 6.92 Å². The number of hydrogen-bond acceptors (Lipinski definition) is 3. The fourth-order valence-electron chi connectivity index (χ4n) is 2.70. The molecule has 0 rings (SSSR count). The quantitative estimate of drug-likeness (QED) is 0.319. The molecule has 0 spiro atoms. The molecule has 0 aromatic carbocycles. The summed E-state index contributed by atoms with van der Waals surface area (Å²) in [6, 6.07) is 0. The average molecular weight is 409 g/mol. The Hall–Kier alpha value is -0.791. The first kappa shape index (κ1) is 20.2. The van der Waals surface area contributed by atoms with E-state index >= 15 is 0 Å². The third-order valence-corrected chi connectivity index (χ3v) is 16.7. The van der Waals surface area contributed by atoms with Gasteiger partial charge in [-0.2, -0.15) is 0 Å². The van der Waals surface area contributed by atoms with Gasteiger partial charge in [0, 0.05) is 0 Å². The predicted octanol–water partition coefficient (Wildman–Crippen LogP) is 3.05. The second-order valence-corrected chi connectivity index (χ2v) is 18.7. The standard InChI is InChI=1S/C8H17.3C2H3O2.Sn/c1-3-5-7-8-6-4-2;3*1-2(3)4;/h1,3-8H2,2H3;3*1H2,(H,3,4);. The van der Waals surface area contributed by atoms with Crippen LogP contribution in [0.4, 0.5) is 0 Å². The zero-order chi connectivity index (χ0) is 16.3. The normalized spacial score (nSPS) is 11.3. The topological polar surface area (TPSA) is 112 Å². The van der Waals surface area contributed by atoms with Crippen molar-refractivity contribution in [2.24, 2.45) is 0 Å². The first-order valence-electron chi connectivity index (χ1n) is 7.47. The fourth-order valence-corrected chi connectivity index (χ4v) is 13.6. The Bertz CT molecular complexity index is 315. The van der Waals surface area contributed by atoms with Crippen molar-refractivity contribution in [3.8, 4) is 0 Å². The van der Waals surface area contributed by atoms with Crippen molar-refractivity contribution in [1.29, 1.82) is 0 Å². The van der Waals surface area contributed by atoms with Crippen molar-refractivity contribution in [3.05, 3.63) is 0 Å². The van der Waals surface area contributed by atoms with Crippen molar-refractivity contribution in [3.63, 3.8) is 0 Å². The molecule has 21 heavy (non-hydrogen) atoms. The summed E-state index contributed by atoms with van der Waals surface area (Å²) >= 11 is -3.70. The maximum atomic E-state index is 11.0. The minimum atomic E-state index is -3.70. The molecule has 0 aliphatic carbocycles. The molecule has 0 aliphatic rings. The van der Waals surface area contributed by atoms with Gasteiger partial charge in [-0.1, -0.05) is 0 Å². The predicted molar refractivity (Wildman–Crippen MR) is 81.3 cm³/mol. The van der Waals surface area contributed by atoms with Gasteiger partial charge in [-0.25, -0.2) is 0 Å². The van der Waals surface area contributed by atoms with Crippen LogP contribution in [0.5, 0.6) is 0 Å². The molecule has 0 amide bonds. The molecule has 0 saturated carbocycles. The summed E-state index contributed by atoms with van der Waals surface area (Å²) in [5.74, 6) is -3.17. The summed E-state index contributed by atoms with van der Waals surface area (Å²) in [6.45, 7) is 2.12. The third kappa shape index (κ3) is 10.6. The average Bonchev–Trinajstić information content (AvgIpc) is 2.30. The molecule has 0 bridgehead atoms. The van der Waals surface area contributed by atoms with Crippen LogP contribution >= 0.6 is 0 Å². The van der Waals surface area contributed by atoms with Gasteiger partial charge in [-0.3, -0.25) is 0 Å². The van der Waals surface area contributed by atoms with Crippen molar-refractivity contribution in [2.45, 2.75) is 63.2 Å². The number of carboxylic acids is 3. The number of aliphatic carboxylic acids is 3. The second kappa shape index (κ2) is 10.9. The van der Waals surface area contributed by atoms with Crippen LogP contribution in [0.15, 0.2) is 0 Å². The summed E-state index contributed by atoms with van der Waals surface area (Å²) in [7, 11) is 0. The van der Waals surface area contributed by atoms with E-state index in [0.717, 1.165) is 38.5 Å². The van der Waals surface area contributed by atoms with Crippen LogP contribution < -0.4 is 0 Å². The van der Waals surface area contributed by atoms with Crippen LogP contribution in [0.25, 0.3) is 0 Å². The van der Waals surface area contributed by atoms with Gasteiger partial charge in [-0.15, -0.1) is 0 Å². The molecule has 6 nitrogen and oxygen atoms in total. The van der Waals surface area contributed by atoms with E-state index in [1.807, 2.05) is 0 Å². The summed E-state index contributed by atoms with van der Waals surface area (Å²) in [5.41, 5.74) is 0. The van der Waals surface area contributed by atoms with Crippen LogP contribution in [0.1, 0.15) is 45.4 Å². The van der Waals surface area contributed by atoms with Crippen molar-refractivity contribution in [2.75, 3.05) is 0 Å². The molecule has 0 unspecified atom stereocenters. The number of rotatable bonds is 13. The molecule has 122 valence electrons. The van der Waals surface area contributed by atoms with E-state index in [1.54, 1.807) is 0 Å². The number of unbranched alkanes of at least 4 members (excludes halogenated alkanes) is 5. The Morgan fingerprint density at radius 1 is 0.714 bits per heavy atom. The first-order valence-corrected chi connectivity index (χ1v) is 15.5.